The van der Waals surface area contributed by atoms with E-state index < -0.39 is 0 Å². The zero-order chi connectivity index (χ0) is 51.7. The summed E-state index contributed by atoms with van der Waals surface area (Å²) in [6.45, 7) is 4.64. The largest absolute Gasteiger partial charge is 0.456 e. The molecule has 3 heteroatoms. The average molecular weight is 1010 g/mol. The molecule has 1 aliphatic heterocycles. The second kappa shape index (κ2) is 16.1. The maximum Gasteiger partial charge on any atom is 0.151 e. The first kappa shape index (κ1) is 44.1. The lowest BCUT2D eigenvalue weighted by molar-refractivity contribution is 0.350. The molecular formula is C76H55NO2. The molecule has 11 aromatic carbocycles. The molecule has 79 heavy (non-hydrogen) atoms. The van der Waals surface area contributed by atoms with Gasteiger partial charge in [-0.05, 0) is 202 Å². The highest BCUT2D eigenvalue weighted by molar-refractivity contribution is 6.19. The summed E-state index contributed by atoms with van der Waals surface area (Å²) < 4.78 is 14.2. The first-order valence-electron chi connectivity index (χ1n) is 28.9. The van der Waals surface area contributed by atoms with E-state index in [1.54, 1.807) is 0 Å². The smallest absolute Gasteiger partial charge is 0.151 e. The molecule has 5 aliphatic carbocycles. The van der Waals surface area contributed by atoms with Gasteiger partial charge in [-0.15, -0.1) is 0 Å². The Morgan fingerprint density at radius 1 is 0.342 bits per heavy atom. The van der Waals surface area contributed by atoms with Crippen LogP contribution in [0.2, 0.25) is 0 Å². The summed E-state index contributed by atoms with van der Waals surface area (Å²) in [4.78, 5) is 2.53. The Morgan fingerprint density at radius 3 is 1.46 bits per heavy atom. The van der Waals surface area contributed by atoms with Crippen LogP contribution >= 0.6 is 0 Å². The van der Waals surface area contributed by atoms with Gasteiger partial charge in [0.25, 0.3) is 0 Å². The Bertz CT molecular complexity index is 4670. The van der Waals surface area contributed by atoms with Gasteiger partial charge in [-0.2, -0.15) is 0 Å². The van der Waals surface area contributed by atoms with Crippen molar-refractivity contribution in [3.05, 3.63) is 240 Å². The molecule has 0 atom stereocenters. The summed E-state index contributed by atoms with van der Waals surface area (Å²) in [5.74, 6) is 1.88. The summed E-state index contributed by atoms with van der Waals surface area (Å²) in [5.41, 5.74) is 27.4. The van der Waals surface area contributed by atoms with Crippen molar-refractivity contribution in [2.24, 2.45) is 0 Å². The van der Waals surface area contributed by atoms with E-state index in [0.29, 0.717) is 0 Å². The molecule has 2 spiro atoms. The molecule has 18 rings (SSSR count). The summed E-state index contributed by atoms with van der Waals surface area (Å²) in [6.07, 6.45) is 11.8. The van der Waals surface area contributed by atoms with Crippen molar-refractivity contribution in [1.29, 1.82) is 0 Å². The molecule has 0 radical (unpaired) electrons. The van der Waals surface area contributed by atoms with Crippen LogP contribution in [-0.4, -0.2) is 0 Å². The van der Waals surface area contributed by atoms with Crippen molar-refractivity contribution in [2.45, 2.75) is 75.0 Å². The van der Waals surface area contributed by atoms with E-state index in [9.17, 15) is 0 Å². The van der Waals surface area contributed by atoms with Gasteiger partial charge in [-0.3, -0.25) is 0 Å². The molecule has 1 aromatic heterocycles. The standard InChI is InChI=1S/C76H55NO2/c1-45-47-23-7-10-26-51(47)71-48(45)30-19-31-54(71)57-39-63-72(52-27-11-8-24-49(52)57)59-41-65-69(43-61(59)75(63)35-15-3-16-36-75)79-70-44-62-60(42-66(70)77(65)46-21-5-2-6-22-46)73-53-28-12-9-25-50(53)58(40-64(73)76(62)37-17-4-18-38-76)55-32-20-34-68-74(55)56-29-13-14-33-67(56)78-68/h2,5-14,19-34,39-44H,1,3-4,15-18,35-38H2. The predicted octanol–water partition coefficient (Wildman–Crippen LogP) is 21.3. The third kappa shape index (κ3) is 5.82. The lowest BCUT2D eigenvalue weighted by atomic mass is 9.67. The molecule has 12 aromatic rings. The van der Waals surface area contributed by atoms with E-state index in [2.05, 4.69) is 212 Å². The average Bonchev–Trinajstić information content (AvgIpc) is 3.43. The Labute approximate surface area is 460 Å². The highest BCUT2D eigenvalue weighted by Gasteiger charge is 2.49. The first-order chi connectivity index (χ1) is 39.1. The number of hydrogen-bond acceptors (Lipinski definition) is 3. The van der Waals surface area contributed by atoms with Gasteiger partial charge >= 0.3 is 0 Å². The van der Waals surface area contributed by atoms with E-state index in [-0.39, 0.29) is 10.8 Å². The second-order valence-corrected chi connectivity index (χ2v) is 23.6. The van der Waals surface area contributed by atoms with Crippen molar-refractivity contribution in [2.75, 3.05) is 4.90 Å². The minimum absolute atomic E-state index is 0.144. The molecule has 2 saturated carbocycles. The zero-order valence-corrected chi connectivity index (χ0v) is 44.1. The van der Waals surface area contributed by atoms with Gasteiger partial charge in [0.1, 0.15) is 11.2 Å². The minimum Gasteiger partial charge on any atom is -0.456 e. The van der Waals surface area contributed by atoms with Crippen LogP contribution in [0.15, 0.2) is 211 Å². The SMILES string of the molecule is C=C1c2ccccc2-c2c1cccc2-c1cc2c(c3ccccc13)-c1cc3c(cc1C21CCCCC1)Oc1cc2c(cc1N3c1ccccc1)-c1c(cc(-c3cccc4oc5ccccc5c34)c3ccccc13)C21CCCCC1. The fourth-order valence-electron chi connectivity index (χ4n) is 16.6. The van der Waals surface area contributed by atoms with Crippen molar-refractivity contribution >= 4 is 66.1 Å². The lowest BCUT2D eigenvalue weighted by Crippen LogP contribution is -2.29. The molecule has 376 valence electrons. The fraction of sp³-hybridized carbons (Fsp3) is 0.158. The molecule has 0 saturated heterocycles. The van der Waals surface area contributed by atoms with Gasteiger partial charge in [0.15, 0.2) is 11.5 Å². The van der Waals surface area contributed by atoms with Crippen LogP contribution in [0.3, 0.4) is 0 Å². The predicted molar refractivity (Wildman–Crippen MR) is 327 cm³/mol. The Hall–Kier alpha value is -8.92. The Kier molecular flexibility index (Phi) is 8.98. The monoisotopic (exact) mass is 1010 g/mol. The maximum absolute atomic E-state index is 7.62. The van der Waals surface area contributed by atoms with Crippen molar-refractivity contribution in [1.82, 2.24) is 0 Å². The third-order valence-electron chi connectivity index (χ3n) is 19.9. The lowest BCUT2D eigenvalue weighted by Gasteiger charge is -2.39. The van der Waals surface area contributed by atoms with Crippen molar-refractivity contribution in [3.63, 3.8) is 0 Å². The number of hydrogen-bond donors (Lipinski definition) is 0. The van der Waals surface area contributed by atoms with Crippen LogP contribution in [0.4, 0.5) is 17.1 Å². The molecule has 0 bridgehead atoms. The van der Waals surface area contributed by atoms with Gasteiger partial charge in [-0.1, -0.05) is 185 Å². The number of benzene rings is 11. The Morgan fingerprint density at radius 2 is 0.823 bits per heavy atom. The molecule has 0 N–H and O–H groups in total. The van der Waals surface area contributed by atoms with Crippen molar-refractivity contribution < 1.29 is 9.15 Å². The highest BCUT2D eigenvalue weighted by atomic mass is 16.5. The van der Waals surface area contributed by atoms with E-state index in [0.717, 1.165) is 76.4 Å². The quantitative estimate of drug-likeness (QED) is 0.176. The number of anilines is 3. The second-order valence-electron chi connectivity index (χ2n) is 23.6. The number of ether oxygens (including phenoxy) is 1. The van der Waals surface area contributed by atoms with Gasteiger partial charge in [0.2, 0.25) is 0 Å². The molecule has 6 aliphatic rings. The first-order valence-corrected chi connectivity index (χ1v) is 28.9. The summed E-state index contributed by atoms with van der Waals surface area (Å²) >= 11 is 0. The van der Waals surface area contributed by atoms with E-state index in [1.807, 2.05) is 0 Å². The molecule has 2 heterocycles. The van der Waals surface area contributed by atoms with Crippen LogP contribution in [0.1, 0.15) is 97.6 Å². The number of fused-ring (bicyclic) bond motifs is 22. The van der Waals surface area contributed by atoms with Crippen LogP contribution in [0.5, 0.6) is 11.5 Å². The van der Waals surface area contributed by atoms with Crippen molar-refractivity contribution in [3.8, 4) is 67.1 Å². The third-order valence-corrected chi connectivity index (χ3v) is 19.9. The van der Waals surface area contributed by atoms with Gasteiger partial charge in [0, 0.05) is 27.3 Å². The van der Waals surface area contributed by atoms with Gasteiger partial charge < -0.3 is 14.1 Å². The van der Waals surface area contributed by atoms with E-state index in [1.165, 1.54) is 154 Å². The van der Waals surface area contributed by atoms with E-state index >= 15 is 0 Å². The summed E-state index contributed by atoms with van der Waals surface area (Å²) in [5, 5.41) is 7.53. The topological polar surface area (TPSA) is 25.6 Å². The van der Waals surface area contributed by atoms with E-state index in [4.69, 9.17) is 9.15 Å². The van der Waals surface area contributed by atoms with Gasteiger partial charge in [0.05, 0.1) is 11.4 Å². The fourth-order valence-corrected chi connectivity index (χ4v) is 16.6. The normalized spacial score (nSPS) is 16.7. The molecule has 0 unspecified atom stereocenters. The Balaban J connectivity index is 0.866. The number of nitrogens with zero attached hydrogens (tertiary/aromatic N) is 1. The highest BCUT2D eigenvalue weighted by Crippen LogP contribution is 2.66. The molecule has 2 fully saturated rings. The number of rotatable bonds is 3. The van der Waals surface area contributed by atoms with Crippen LogP contribution < -0.4 is 9.64 Å². The van der Waals surface area contributed by atoms with Crippen LogP contribution in [0, 0.1) is 0 Å². The molecular weight excluding hydrogens is 959 g/mol. The zero-order valence-electron chi connectivity index (χ0n) is 44.1. The summed E-state index contributed by atoms with van der Waals surface area (Å²) in [7, 11) is 0. The van der Waals surface area contributed by atoms with Crippen LogP contribution in [-0.2, 0) is 10.8 Å². The summed E-state index contributed by atoms with van der Waals surface area (Å²) in [6, 6.07) is 75.6. The molecule has 3 nitrogen and oxygen atoms in total. The molecule has 0 amide bonds. The van der Waals surface area contributed by atoms with Crippen LogP contribution in [0.25, 0.3) is 105 Å². The maximum atomic E-state index is 7.62. The minimum atomic E-state index is -0.150. The number of para-hydroxylation sites is 2. The van der Waals surface area contributed by atoms with Gasteiger partial charge in [-0.25, -0.2) is 0 Å². The number of furan rings is 1.